The summed E-state index contributed by atoms with van der Waals surface area (Å²) < 4.78 is 19.8. The smallest absolute Gasteiger partial charge is 0.322 e. The second kappa shape index (κ2) is 4.77. The van der Waals surface area contributed by atoms with Crippen LogP contribution in [0.1, 0.15) is 36.8 Å². The molecule has 1 unspecified atom stereocenters. The van der Waals surface area contributed by atoms with Gasteiger partial charge in [0.2, 0.25) is 0 Å². The van der Waals surface area contributed by atoms with Crippen molar-refractivity contribution >= 4 is 11.9 Å². The number of amides is 3. The second-order valence-electron chi connectivity index (χ2n) is 6.82. The van der Waals surface area contributed by atoms with E-state index in [1.165, 1.54) is 6.07 Å². The van der Waals surface area contributed by atoms with Crippen LogP contribution in [0.25, 0.3) is 0 Å². The minimum absolute atomic E-state index is 0.159. The van der Waals surface area contributed by atoms with Crippen molar-refractivity contribution < 1.29 is 18.7 Å². The molecule has 1 atom stereocenters. The molecule has 2 N–H and O–H groups in total. The highest BCUT2D eigenvalue weighted by Crippen LogP contribution is 2.59. The number of carbonyl (C=O) groups excluding carboxylic acids is 2. The minimum Gasteiger partial charge on any atom is -0.381 e. The molecule has 2 aliphatic carbocycles. The number of hydrogen-bond acceptors (Lipinski definition) is 3. The largest absolute Gasteiger partial charge is 0.381 e. The topological polar surface area (TPSA) is 67.4 Å². The third-order valence-electron chi connectivity index (χ3n) is 5.93. The quantitative estimate of drug-likeness (QED) is 0.778. The van der Waals surface area contributed by atoms with Crippen LogP contribution >= 0.6 is 0 Å². The van der Waals surface area contributed by atoms with E-state index in [9.17, 15) is 14.0 Å². The summed E-state index contributed by atoms with van der Waals surface area (Å²) in [6.07, 6.45) is 3.67. The zero-order valence-corrected chi connectivity index (χ0v) is 12.9. The van der Waals surface area contributed by atoms with Gasteiger partial charge in [0, 0.05) is 12.5 Å². The fraction of sp³-hybridized carbons (Fsp3) is 0.529. The third-order valence-corrected chi connectivity index (χ3v) is 5.93. The summed E-state index contributed by atoms with van der Waals surface area (Å²) >= 11 is 0. The zero-order chi connectivity index (χ0) is 16.2. The van der Waals surface area contributed by atoms with Crippen LogP contribution < -0.4 is 10.6 Å². The number of urea groups is 1. The number of benzene rings is 1. The molecule has 1 saturated heterocycles. The normalized spacial score (nSPS) is 35.5. The monoisotopic (exact) mass is 318 g/mol. The first-order chi connectivity index (χ1) is 11.0. The molecule has 0 radical (unpaired) electrons. The number of imide groups is 1. The number of fused-ring (bicyclic) bond motifs is 3. The lowest BCUT2D eigenvalue weighted by Crippen LogP contribution is -2.56. The van der Waals surface area contributed by atoms with Crippen molar-refractivity contribution in [2.45, 2.75) is 43.7 Å². The Morgan fingerprint density at radius 3 is 2.61 bits per heavy atom. The van der Waals surface area contributed by atoms with Gasteiger partial charge in [0.1, 0.15) is 5.82 Å². The van der Waals surface area contributed by atoms with Crippen LogP contribution in [0, 0.1) is 11.2 Å². The van der Waals surface area contributed by atoms with Gasteiger partial charge in [0.15, 0.2) is 5.54 Å². The average Bonchev–Trinajstić information content (AvgIpc) is 2.99. The van der Waals surface area contributed by atoms with Crippen molar-refractivity contribution in [1.29, 1.82) is 0 Å². The Bertz CT molecular complexity index is 697. The molecule has 3 amide bonds. The van der Waals surface area contributed by atoms with Gasteiger partial charge in [-0.1, -0.05) is 12.1 Å². The van der Waals surface area contributed by atoms with Crippen LogP contribution in [0.2, 0.25) is 0 Å². The van der Waals surface area contributed by atoms with Gasteiger partial charge in [-0.15, -0.1) is 0 Å². The highest BCUT2D eigenvalue weighted by molar-refractivity contribution is 6.08. The summed E-state index contributed by atoms with van der Waals surface area (Å²) in [5.74, 6) is -0.663. The summed E-state index contributed by atoms with van der Waals surface area (Å²) in [6.45, 7) is 0. The maximum Gasteiger partial charge on any atom is 0.322 e. The molecule has 4 rings (SSSR count). The number of ether oxygens (including phenoxy) is 1. The Kier molecular flexibility index (Phi) is 3.04. The molecule has 5 nitrogen and oxygen atoms in total. The molecule has 2 spiro atoms. The third kappa shape index (κ3) is 1.75. The van der Waals surface area contributed by atoms with Crippen LogP contribution in [0.3, 0.4) is 0 Å². The van der Waals surface area contributed by atoms with Crippen molar-refractivity contribution in [1.82, 2.24) is 10.6 Å². The summed E-state index contributed by atoms with van der Waals surface area (Å²) in [7, 11) is 1.69. The fourth-order valence-electron chi connectivity index (χ4n) is 4.80. The molecule has 1 heterocycles. The number of rotatable bonds is 1. The molecule has 0 aromatic heterocycles. The van der Waals surface area contributed by atoms with Gasteiger partial charge >= 0.3 is 6.03 Å². The first-order valence-corrected chi connectivity index (χ1v) is 7.97. The van der Waals surface area contributed by atoms with Gasteiger partial charge in [-0.25, -0.2) is 9.18 Å². The minimum atomic E-state index is -1.15. The lowest BCUT2D eigenvalue weighted by molar-refractivity contribution is -0.131. The van der Waals surface area contributed by atoms with Crippen molar-refractivity contribution in [3.8, 4) is 0 Å². The van der Waals surface area contributed by atoms with E-state index < -0.39 is 17.0 Å². The molecule has 2 fully saturated rings. The Hall–Kier alpha value is -1.95. The van der Waals surface area contributed by atoms with E-state index in [0.29, 0.717) is 30.4 Å². The zero-order valence-electron chi connectivity index (χ0n) is 12.9. The van der Waals surface area contributed by atoms with E-state index >= 15 is 0 Å². The number of nitrogens with one attached hydrogen (secondary N) is 2. The number of hydrogen-bond donors (Lipinski definition) is 2. The Morgan fingerprint density at radius 2 is 2.00 bits per heavy atom. The van der Waals surface area contributed by atoms with Crippen LogP contribution in [0.4, 0.5) is 9.18 Å². The predicted octanol–water partition coefficient (Wildman–Crippen LogP) is 1.99. The van der Waals surface area contributed by atoms with Gasteiger partial charge in [-0.3, -0.25) is 10.1 Å². The standard InChI is InChI=1S/C17H19FN2O3/c1-23-10-5-7-16(8-6-10)9-11-12(3-2-4-13(11)18)17(16)14(21)19-15(22)20-17/h2-4,10H,5-9H2,1H3,(H2,19,20,21,22). The van der Waals surface area contributed by atoms with Gasteiger partial charge < -0.3 is 10.1 Å². The number of methoxy groups -OCH3 is 1. The summed E-state index contributed by atoms with van der Waals surface area (Å²) in [4.78, 5) is 24.7. The van der Waals surface area contributed by atoms with Crippen molar-refractivity contribution in [3.63, 3.8) is 0 Å². The molecule has 23 heavy (non-hydrogen) atoms. The fourth-order valence-corrected chi connectivity index (χ4v) is 4.80. The molecule has 3 aliphatic rings. The van der Waals surface area contributed by atoms with Gasteiger partial charge in [-0.05, 0) is 49.3 Å². The van der Waals surface area contributed by atoms with Crippen LogP contribution in [0.15, 0.2) is 18.2 Å². The Balaban J connectivity index is 1.86. The molecule has 6 heteroatoms. The van der Waals surface area contributed by atoms with Crippen LogP contribution in [-0.2, 0) is 21.5 Å². The van der Waals surface area contributed by atoms with E-state index in [2.05, 4.69) is 10.6 Å². The van der Waals surface area contributed by atoms with Gasteiger partial charge in [-0.2, -0.15) is 0 Å². The summed E-state index contributed by atoms with van der Waals surface area (Å²) in [5.41, 5.74) is -0.472. The molecular formula is C17H19FN2O3. The Labute approximate surface area is 133 Å². The lowest BCUT2D eigenvalue weighted by Gasteiger charge is -2.46. The SMILES string of the molecule is COC1CCC2(CC1)Cc1c(F)cccc1C21NC(=O)NC1=O. The van der Waals surface area contributed by atoms with Crippen LogP contribution in [-0.4, -0.2) is 25.2 Å². The van der Waals surface area contributed by atoms with Gasteiger partial charge in [0.05, 0.1) is 6.10 Å². The summed E-state index contributed by atoms with van der Waals surface area (Å²) in [6, 6.07) is 4.29. The number of carbonyl (C=O) groups is 2. The Morgan fingerprint density at radius 1 is 1.26 bits per heavy atom. The first-order valence-electron chi connectivity index (χ1n) is 7.97. The average molecular weight is 318 g/mol. The van der Waals surface area contributed by atoms with Crippen molar-refractivity contribution in [2.75, 3.05) is 7.11 Å². The summed E-state index contributed by atoms with van der Waals surface area (Å²) in [5, 5.41) is 5.21. The number of halogens is 1. The molecule has 1 saturated carbocycles. The van der Waals surface area contributed by atoms with Crippen LogP contribution in [0.5, 0.6) is 0 Å². The molecule has 122 valence electrons. The van der Waals surface area contributed by atoms with E-state index in [1.54, 1.807) is 19.2 Å². The molecule has 1 aromatic rings. The van der Waals surface area contributed by atoms with Gasteiger partial charge in [0.25, 0.3) is 5.91 Å². The highest BCUT2D eigenvalue weighted by Gasteiger charge is 2.66. The van der Waals surface area contributed by atoms with E-state index in [1.807, 2.05) is 0 Å². The van der Waals surface area contributed by atoms with E-state index in [0.717, 1.165) is 12.8 Å². The van der Waals surface area contributed by atoms with Crippen molar-refractivity contribution in [3.05, 3.63) is 35.1 Å². The second-order valence-corrected chi connectivity index (χ2v) is 6.82. The molecular weight excluding hydrogens is 299 g/mol. The predicted molar refractivity (Wildman–Crippen MR) is 80.2 cm³/mol. The van der Waals surface area contributed by atoms with E-state index in [4.69, 9.17) is 4.74 Å². The highest BCUT2D eigenvalue weighted by atomic mass is 19.1. The molecule has 1 aliphatic heterocycles. The maximum absolute atomic E-state index is 14.4. The molecule has 0 bridgehead atoms. The first kappa shape index (κ1) is 14.6. The van der Waals surface area contributed by atoms with Crippen molar-refractivity contribution in [2.24, 2.45) is 5.41 Å². The lowest BCUT2D eigenvalue weighted by atomic mass is 9.61. The maximum atomic E-state index is 14.4. The molecule has 1 aromatic carbocycles. The van der Waals surface area contributed by atoms with E-state index in [-0.39, 0.29) is 17.8 Å².